The number of hydrogen-bond donors (Lipinski definition) is 3. The third kappa shape index (κ3) is 4.40. The van der Waals surface area contributed by atoms with E-state index in [4.69, 9.17) is 10.4 Å². The van der Waals surface area contributed by atoms with Crippen molar-refractivity contribution in [2.45, 2.75) is 19.9 Å². The Labute approximate surface area is 156 Å². The fourth-order valence-electron chi connectivity index (χ4n) is 2.76. The van der Waals surface area contributed by atoms with Crippen molar-refractivity contribution in [3.63, 3.8) is 0 Å². The van der Waals surface area contributed by atoms with Gasteiger partial charge >= 0.3 is 0 Å². The molecule has 3 N–H and O–H groups in total. The Morgan fingerprint density at radius 1 is 1.30 bits per heavy atom. The molecule has 27 heavy (non-hydrogen) atoms. The van der Waals surface area contributed by atoms with Crippen LogP contribution >= 0.6 is 0 Å². The third-order valence-corrected chi connectivity index (χ3v) is 3.88. The molecule has 2 heterocycles. The number of nitrogens with zero attached hydrogens (tertiary/aromatic N) is 5. The molecule has 0 unspecified atom stereocenters. The van der Waals surface area contributed by atoms with Crippen molar-refractivity contribution in [3.8, 4) is 34.3 Å². The van der Waals surface area contributed by atoms with Crippen molar-refractivity contribution in [2.24, 2.45) is 0 Å². The Hall–Kier alpha value is -3.44. The normalized spacial score (nSPS) is 10.6. The molecule has 0 amide bonds. The molecule has 3 aromatic rings. The van der Waals surface area contributed by atoms with Gasteiger partial charge in [-0.25, -0.2) is 9.97 Å². The first kappa shape index (κ1) is 18.4. The van der Waals surface area contributed by atoms with Gasteiger partial charge in [-0.15, -0.1) is 0 Å². The van der Waals surface area contributed by atoms with Crippen LogP contribution in [0.15, 0.2) is 36.7 Å². The summed E-state index contributed by atoms with van der Waals surface area (Å²) in [6.07, 6.45) is 3.81. The molecule has 8 nitrogen and oxygen atoms in total. The Morgan fingerprint density at radius 3 is 2.89 bits per heavy atom. The lowest BCUT2D eigenvalue weighted by molar-refractivity contribution is 0.311. The van der Waals surface area contributed by atoms with Crippen LogP contribution in [-0.2, 0) is 6.54 Å². The molecule has 3 rings (SSSR count). The largest absolute Gasteiger partial charge is 0.508 e. The minimum atomic E-state index is -0.0203. The summed E-state index contributed by atoms with van der Waals surface area (Å²) in [7, 11) is 0. The van der Waals surface area contributed by atoms with Gasteiger partial charge in [0, 0.05) is 30.1 Å². The first-order valence-electron chi connectivity index (χ1n) is 8.54. The lowest BCUT2D eigenvalue weighted by Gasteiger charge is -2.06. The van der Waals surface area contributed by atoms with Gasteiger partial charge < -0.3 is 15.5 Å². The number of phenols is 1. The molecule has 8 heteroatoms. The predicted molar refractivity (Wildman–Crippen MR) is 101 cm³/mol. The lowest BCUT2D eigenvalue weighted by atomic mass is 10.0. The van der Waals surface area contributed by atoms with E-state index in [0.717, 1.165) is 16.7 Å². The van der Waals surface area contributed by atoms with Gasteiger partial charge in [0.05, 0.1) is 31.3 Å². The number of aryl methyl sites for hydroxylation is 2. The van der Waals surface area contributed by atoms with E-state index in [1.165, 1.54) is 0 Å². The summed E-state index contributed by atoms with van der Waals surface area (Å²) in [5.41, 5.74) is 3.77. The second-order valence-corrected chi connectivity index (χ2v) is 6.04. The summed E-state index contributed by atoms with van der Waals surface area (Å²) in [4.78, 5) is 8.64. The highest BCUT2D eigenvalue weighted by Gasteiger charge is 2.16. The molecule has 138 valence electrons. The van der Waals surface area contributed by atoms with Crippen LogP contribution in [0.3, 0.4) is 0 Å². The number of aliphatic hydroxyl groups excluding tert-OH is 1. The highest BCUT2D eigenvalue weighted by Crippen LogP contribution is 2.32. The quantitative estimate of drug-likeness (QED) is 0.588. The van der Waals surface area contributed by atoms with Crippen LogP contribution in [0.2, 0.25) is 0 Å². The standard InChI is InChI=1S/C19H20N6O2/c1-13-9-14(11-15(27)10-13)18-16(12-25(24-18)7-2-4-20)17-3-5-21-19(23-17)22-6-8-26/h3,5,9-12,26-27H,2,6-8H2,1H3,(H,21,22,23). The van der Waals surface area contributed by atoms with Crippen molar-refractivity contribution in [2.75, 3.05) is 18.5 Å². The van der Waals surface area contributed by atoms with Gasteiger partial charge in [0.25, 0.3) is 0 Å². The number of aromatic hydroxyl groups is 1. The van der Waals surface area contributed by atoms with Crippen molar-refractivity contribution in [3.05, 3.63) is 42.2 Å². The molecule has 0 aliphatic carbocycles. The van der Waals surface area contributed by atoms with Gasteiger partial charge in [0.1, 0.15) is 11.4 Å². The smallest absolute Gasteiger partial charge is 0.223 e. The molecule has 0 atom stereocenters. The molecule has 0 saturated heterocycles. The number of rotatable bonds is 7. The molecule has 0 bridgehead atoms. The van der Waals surface area contributed by atoms with Gasteiger partial charge in [-0.2, -0.15) is 10.4 Å². The summed E-state index contributed by atoms with van der Waals surface area (Å²) in [5.74, 6) is 0.569. The van der Waals surface area contributed by atoms with Gasteiger partial charge in [-0.1, -0.05) is 0 Å². The van der Waals surface area contributed by atoms with Crippen LogP contribution < -0.4 is 5.32 Å². The Balaban J connectivity index is 2.08. The van der Waals surface area contributed by atoms with Crippen molar-refractivity contribution >= 4 is 5.95 Å². The van der Waals surface area contributed by atoms with Crippen LogP contribution in [0.5, 0.6) is 5.75 Å². The topological polar surface area (TPSA) is 120 Å². The maximum Gasteiger partial charge on any atom is 0.223 e. The van der Waals surface area contributed by atoms with Gasteiger partial charge in [-0.05, 0) is 36.8 Å². The fourth-order valence-corrected chi connectivity index (χ4v) is 2.76. The van der Waals surface area contributed by atoms with E-state index in [1.807, 2.05) is 19.2 Å². The monoisotopic (exact) mass is 364 g/mol. The molecule has 0 fully saturated rings. The third-order valence-electron chi connectivity index (χ3n) is 3.88. The number of aliphatic hydroxyl groups is 1. The number of hydrogen-bond acceptors (Lipinski definition) is 7. The van der Waals surface area contributed by atoms with E-state index in [1.54, 1.807) is 29.1 Å². The first-order valence-corrected chi connectivity index (χ1v) is 8.54. The SMILES string of the molecule is Cc1cc(O)cc(-c2nn(CCC#N)cc2-c2ccnc(NCCO)n2)c1. The van der Waals surface area contributed by atoms with Crippen LogP contribution in [-0.4, -0.2) is 43.1 Å². The zero-order valence-electron chi connectivity index (χ0n) is 14.9. The zero-order valence-corrected chi connectivity index (χ0v) is 14.9. The second kappa shape index (κ2) is 8.29. The van der Waals surface area contributed by atoms with Crippen molar-refractivity contribution in [1.29, 1.82) is 5.26 Å². The van der Waals surface area contributed by atoms with Crippen LogP contribution in [0.4, 0.5) is 5.95 Å². The molecular formula is C19H20N6O2. The van der Waals surface area contributed by atoms with Crippen molar-refractivity contribution < 1.29 is 10.2 Å². The van der Waals surface area contributed by atoms with Gasteiger partial charge in [0.2, 0.25) is 5.95 Å². The average Bonchev–Trinajstić information content (AvgIpc) is 3.08. The number of phenolic OH excluding ortho intramolecular Hbond substituents is 1. The highest BCUT2D eigenvalue weighted by atomic mass is 16.3. The summed E-state index contributed by atoms with van der Waals surface area (Å²) in [5, 5.41) is 35.3. The molecule has 1 aromatic carbocycles. The molecule has 0 spiro atoms. The molecule has 0 radical (unpaired) electrons. The summed E-state index contributed by atoms with van der Waals surface area (Å²) >= 11 is 0. The number of benzene rings is 1. The van der Waals surface area contributed by atoms with E-state index in [9.17, 15) is 5.11 Å². The average molecular weight is 364 g/mol. The van der Waals surface area contributed by atoms with Gasteiger partial charge in [-0.3, -0.25) is 4.68 Å². The van der Waals surface area contributed by atoms with E-state index in [-0.39, 0.29) is 12.4 Å². The maximum absolute atomic E-state index is 9.97. The molecule has 0 aliphatic heterocycles. The van der Waals surface area contributed by atoms with Crippen LogP contribution in [0.1, 0.15) is 12.0 Å². The Morgan fingerprint density at radius 2 is 2.15 bits per heavy atom. The fraction of sp³-hybridized carbons (Fsp3) is 0.263. The van der Waals surface area contributed by atoms with Crippen molar-refractivity contribution in [1.82, 2.24) is 19.7 Å². The Kier molecular flexibility index (Phi) is 5.64. The minimum absolute atomic E-state index is 0.0203. The lowest BCUT2D eigenvalue weighted by Crippen LogP contribution is -2.08. The minimum Gasteiger partial charge on any atom is -0.508 e. The molecular weight excluding hydrogens is 344 g/mol. The number of anilines is 1. The first-order chi connectivity index (χ1) is 13.1. The molecule has 0 aliphatic rings. The summed E-state index contributed by atoms with van der Waals surface area (Å²) < 4.78 is 1.70. The second-order valence-electron chi connectivity index (χ2n) is 6.04. The van der Waals surface area contributed by atoms with E-state index in [0.29, 0.717) is 36.8 Å². The molecule has 2 aromatic heterocycles. The van der Waals surface area contributed by atoms with Crippen LogP contribution in [0.25, 0.3) is 22.5 Å². The summed E-state index contributed by atoms with van der Waals surface area (Å²) in [6.45, 7) is 2.69. The van der Waals surface area contributed by atoms with Crippen LogP contribution in [0, 0.1) is 18.3 Å². The number of aromatic nitrogens is 4. The summed E-state index contributed by atoms with van der Waals surface area (Å²) in [6, 6.07) is 9.15. The van der Waals surface area contributed by atoms with Gasteiger partial charge in [0.15, 0.2) is 0 Å². The highest BCUT2D eigenvalue weighted by molar-refractivity contribution is 5.79. The maximum atomic E-state index is 9.97. The van der Waals surface area contributed by atoms with E-state index in [2.05, 4.69) is 26.5 Å². The van der Waals surface area contributed by atoms with E-state index >= 15 is 0 Å². The zero-order chi connectivity index (χ0) is 19.2. The number of nitrogens with one attached hydrogen (secondary N) is 1. The Bertz CT molecular complexity index is 956. The number of nitriles is 1. The molecule has 0 saturated carbocycles. The predicted octanol–water partition coefficient (Wildman–Crippen LogP) is 2.34. The van der Waals surface area contributed by atoms with E-state index < -0.39 is 0 Å².